The monoisotopic (exact) mass is 310 g/mol. The highest BCUT2D eigenvalue weighted by Gasteiger charge is 2.21. The van der Waals surface area contributed by atoms with Crippen LogP contribution in [-0.4, -0.2) is 23.8 Å². The zero-order chi connectivity index (χ0) is 16.8. The molecule has 0 aliphatic carbocycles. The molecular weight excluding hydrogens is 276 g/mol. The highest BCUT2D eigenvalue weighted by atomic mass is 16.5. The van der Waals surface area contributed by atoms with Gasteiger partial charge in [-0.05, 0) is 37.5 Å². The molecular formula is C19H34O3. The standard InChI is InChI=1S/C19H34O3/c1-16(2)19(17(3)4)22-18(21)14-12-10-8-6-5-7-9-11-13-15-20/h5-6,10,12,16-17,19-20H,7-9,11,13-15H2,1-4H3/b6-5-,12-10-. The minimum Gasteiger partial charge on any atom is -0.462 e. The molecule has 0 heterocycles. The Bertz CT molecular complexity index is 322. The summed E-state index contributed by atoms with van der Waals surface area (Å²) in [6.07, 6.45) is 13.5. The SMILES string of the molecule is CC(C)C(OC(=O)C/C=C\C/C=C\CCCCCO)C(C)C. The van der Waals surface area contributed by atoms with Gasteiger partial charge in [0.15, 0.2) is 0 Å². The molecule has 0 saturated heterocycles. The first-order valence-electron chi connectivity index (χ1n) is 8.59. The third-order valence-corrected chi connectivity index (χ3v) is 3.50. The van der Waals surface area contributed by atoms with Crippen LogP contribution < -0.4 is 0 Å². The maximum atomic E-state index is 11.8. The number of carbonyl (C=O) groups is 1. The molecule has 0 bridgehead atoms. The van der Waals surface area contributed by atoms with E-state index in [0.29, 0.717) is 18.3 Å². The van der Waals surface area contributed by atoms with Crippen LogP contribution >= 0.6 is 0 Å². The number of carbonyl (C=O) groups excluding carboxylic acids is 1. The van der Waals surface area contributed by atoms with E-state index < -0.39 is 0 Å². The van der Waals surface area contributed by atoms with Gasteiger partial charge in [-0.3, -0.25) is 4.79 Å². The molecule has 0 unspecified atom stereocenters. The maximum Gasteiger partial charge on any atom is 0.309 e. The van der Waals surface area contributed by atoms with Gasteiger partial charge in [-0.1, -0.05) is 58.4 Å². The Morgan fingerprint density at radius 3 is 2.18 bits per heavy atom. The van der Waals surface area contributed by atoms with Crippen molar-refractivity contribution in [1.29, 1.82) is 0 Å². The molecule has 0 saturated carbocycles. The number of aliphatic hydroxyl groups excluding tert-OH is 1. The summed E-state index contributed by atoms with van der Waals surface area (Å²) >= 11 is 0. The smallest absolute Gasteiger partial charge is 0.309 e. The van der Waals surface area contributed by atoms with Gasteiger partial charge in [0.2, 0.25) is 0 Å². The fraction of sp³-hybridized carbons (Fsp3) is 0.737. The molecule has 3 nitrogen and oxygen atoms in total. The third-order valence-electron chi connectivity index (χ3n) is 3.50. The van der Waals surface area contributed by atoms with Crippen LogP contribution in [0.5, 0.6) is 0 Å². The van der Waals surface area contributed by atoms with E-state index in [0.717, 1.165) is 32.1 Å². The number of ether oxygens (including phenoxy) is 1. The van der Waals surface area contributed by atoms with Crippen LogP contribution in [0.15, 0.2) is 24.3 Å². The molecule has 3 heteroatoms. The van der Waals surface area contributed by atoms with Crippen LogP contribution in [0.1, 0.15) is 66.2 Å². The van der Waals surface area contributed by atoms with Crippen molar-refractivity contribution in [2.24, 2.45) is 11.8 Å². The minimum absolute atomic E-state index is 0.000262. The summed E-state index contributed by atoms with van der Waals surface area (Å²) in [5, 5.41) is 8.66. The minimum atomic E-state index is -0.142. The third kappa shape index (κ3) is 11.6. The largest absolute Gasteiger partial charge is 0.462 e. The molecule has 1 N–H and O–H groups in total. The number of unbranched alkanes of at least 4 members (excludes halogenated alkanes) is 3. The number of allylic oxidation sites excluding steroid dienone is 3. The average molecular weight is 310 g/mol. The normalized spacial score (nSPS) is 12.4. The summed E-state index contributed by atoms with van der Waals surface area (Å²) < 4.78 is 5.53. The lowest BCUT2D eigenvalue weighted by Crippen LogP contribution is -2.28. The van der Waals surface area contributed by atoms with E-state index in [-0.39, 0.29) is 18.7 Å². The lowest BCUT2D eigenvalue weighted by atomic mass is 9.96. The molecule has 0 radical (unpaired) electrons. The number of hydrogen-bond donors (Lipinski definition) is 1. The Hall–Kier alpha value is -1.09. The van der Waals surface area contributed by atoms with E-state index in [2.05, 4.69) is 39.8 Å². The Labute approximate surface area is 136 Å². The van der Waals surface area contributed by atoms with Crippen molar-refractivity contribution in [3.05, 3.63) is 24.3 Å². The summed E-state index contributed by atoms with van der Waals surface area (Å²) in [6, 6.07) is 0. The topological polar surface area (TPSA) is 46.5 Å². The Morgan fingerprint density at radius 2 is 1.59 bits per heavy atom. The molecule has 0 amide bonds. The lowest BCUT2D eigenvalue weighted by molar-refractivity contribution is -0.152. The van der Waals surface area contributed by atoms with Gasteiger partial charge in [0.1, 0.15) is 6.10 Å². The first kappa shape index (κ1) is 20.9. The molecule has 128 valence electrons. The van der Waals surface area contributed by atoms with Crippen LogP contribution in [0.4, 0.5) is 0 Å². The van der Waals surface area contributed by atoms with Gasteiger partial charge in [-0.25, -0.2) is 0 Å². The van der Waals surface area contributed by atoms with Crippen molar-refractivity contribution in [2.75, 3.05) is 6.61 Å². The summed E-state index contributed by atoms with van der Waals surface area (Å²) in [5.74, 6) is 0.556. The average Bonchev–Trinajstić information content (AvgIpc) is 2.46. The second kappa shape index (κ2) is 13.6. The number of hydrogen-bond acceptors (Lipinski definition) is 3. The van der Waals surface area contributed by atoms with Crippen LogP contribution in [0, 0.1) is 11.8 Å². The highest BCUT2D eigenvalue weighted by molar-refractivity contribution is 5.71. The van der Waals surface area contributed by atoms with Crippen molar-refractivity contribution in [2.45, 2.75) is 72.3 Å². The molecule has 0 rings (SSSR count). The molecule has 0 aromatic heterocycles. The van der Waals surface area contributed by atoms with E-state index in [1.807, 2.05) is 12.2 Å². The van der Waals surface area contributed by atoms with Gasteiger partial charge in [-0.15, -0.1) is 0 Å². The fourth-order valence-electron chi connectivity index (χ4n) is 2.36. The zero-order valence-electron chi connectivity index (χ0n) is 14.8. The van der Waals surface area contributed by atoms with Crippen LogP contribution in [0.3, 0.4) is 0 Å². The molecule has 0 aromatic rings. The second-order valence-electron chi connectivity index (χ2n) is 6.40. The first-order valence-corrected chi connectivity index (χ1v) is 8.59. The van der Waals surface area contributed by atoms with E-state index >= 15 is 0 Å². The molecule has 0 aliphatic heterocycles. The molecule has 0 aromatic carbocycles. The van der Waals surface area contributed by atoms with E-state index in [9.17, 15) is 4.79 Å². The van der Waals surface area contributed by atoms with Crippen molar-refractivity contribution in [3.8, 4) is 0 Å². The van der Waals surface area contributed by atoms with Gasteiger partial charge < -0.3 is 9.84 Å². The predicted octanol–water partition coefficient (Wildman–Crippen LogP) is 4.66. The lowest BCUT2D eigenvalue weighted by Gasteiger charge is -2.24. The second-order valence-corrected chi connectivity index (χ2v) is 6.40. The van der Waals surface area contributed by atoms with Crippen molar-refractivity contribution >= 4 is 5.97 Å². The summed E-state index contributed by atoms with van der Waals surface area (Å²) in [6.45, 7) is 8.62. The van der Waals surface area contributed by atoms with Gasteiger partial charge in [-0.2, -0.15) is 0 Å². The first-order chi connectivity index (χ1) is 10.5. The summed E-state index contributed by atoms with van der Waals surface area (Å²) in [4.78, 5) is 11.8. The van der Waals surface area contributed by atoms with Crippen LogP contribution in [0.25, 0.3) is 0 Å². The van der Waals surface area contributed by atoms with E-state index in [4.69, 9.17) is 9.84 Å². The maximum absolute atomic E-state index is 11.8. The molecule has 0 spiro atoms. The highest BCUT2D eigenvalue weighted by Crippen LogP contribution is 2.16. The van der Waals surface area contributed by atoms with E-state index in [1.165, 1.54) is 0 Å². The summed E-state index contributed by atoms with van der Waals surface area (Å²) in [7, 11) is 0. The van der Waals surface area contributed by atoms with Crippen molar-refractivity contribution in [3.63, 3.8) is 0 Å². The van der Waals surface area contributed by atoms with Gasteiger partial charge in [0, 0.05) is 6.61 Å². The van der Waals surface area contributed by atoms with E-state index in [1.54, 1.807) is 0 Å². The van der Waals surface area contributed by atoms with Crippen LogP contribution in [-0.2, 0) is 9.53 Å². The molecule has 0 atom stereocenters. The Morgan fingerprint density at radius 1 is 0.955 bits per heavy atom. The molecule has 22 heavy (non-hydrogen) atoms. The molecule has 0 fully saturated rings. The number of rotatable bonds is 12. The predicted molar refractivity (Wildman–Crippen MR) is 92.6 cm³/mol. The Balaban J connectivity index is 3.79. The van der Waals surface area contributed by atoms with Crippen molar-refractivity contribution < 1.29 is 14.6 Å². The number of aliphatic hydroxyl groups is 1. The van der Waals surface area contributed by atoms with Crippen molar-refractivity contribution in [1.82, 2.24) is 0 Å². The number of esters is 1. The fourth-order valence-corrected chi connectivity index (χ4v) is 2.36. The zero-order valence-corrected chi connectivity index (χ0v) is 14.8. The van der Waals surface area contributed by atoms with Gasteiger partial charge >= 0.3 is 5.97 Å². The van der Waals surface area contributed by atoms with Gasteiger partial charge in [0.05, 0.1) is 6.42 Å². The quantitative estimate of drug-likeness (QED) is 0.324. The van der Waals surface area contributed by atoms with Crippen LogP contribution in [0.2, 0.25) is 0 Å². The Kier molecular flexibility index (Phi) is 12.9. The van der Waals surface area contributed by atoms with Gasteiger partial charge in [0.25, 0.3) is 0 Å². The summed E-state index contributed by atoms with van der Waals surface area (Å²) in [5.41, 5.74) is 0. The molecule has 0 aliphatic rings.